The van der Waals surface area contributed by atoms with E-state index in [0.717, 1.165) is 56.7 Å². The molecule has 2 aliphatic heterocycles. The standard InChI is InChI=1S/C25H36N6O3S/c1-28(2)35(33,34)23-6-4-3-5-22(23)19-30-13-15-31(16-14-30)25(32)21-8-11-29(12-9-21)18-20-7-10-27-24(26)17-20/h3-7,10,17,21H,8-9,11-16,18-19H2,1-2H3,(H2,26,27). The molecular weight excluding hydrogens is 464 g/mol. The van der Waals surface area contributed by atoms with Crippen molar-refractivity contribution in [2.75, 3.05) is 59.1 Å². The third kappa shape index (κ3) is 6.19. The van der Waals surface area contributed by atoms with Crippen LogP contribution in [-0.4, -0.2) is 91.7 Å². The Hall–Kier alpha value is -2.53. The molecule has 3 heterocycles. The van der Waals surface area contributed by atoms with Crippen LogP contribution in [0.5, 0.6) is 0 Å². The van der Waals surface area contributed by atoms with Gasteiger partial charge < -0.3 is 10.6 Å². The van der Waals surface area contributed by atoms with E-state index in [1.54, 1.807) is 32.4 Å². The highest BCUT2D eigenvalue weighted by Crippen LogP contribution is 2.24. The van der Waals surface area contributed by atoms with Gasteiger partial charge in [-0.2, -0.15) is 0 Å². The summed E-state index contributed by atoms with van der Waals surface area (Å²) in [5.41, 5.74) is 7.73. The number of amides is 1. The molecule has 190 valence electrons. The van der Waals surface area contributed by atoms with Gasteiger partial charge in [-0.1, -0.05) is 18.2 Å². The summed E-state index contributed by atoms with van der Waals surface area (Å²) in [5.74, 6) is 0.869. The van der Waals surface area contributed by atoms with E-state index in [1.165, 1.54) is 4.31 Å². The molecule has 0 unspecified atom stereocenters. The molecule has 10 heteroatoms. The second-order valence-corrected chi connectivity index (χ2v) is 11.8. The molecule has 2 aromatic rings. The summed E-state index contributed by atoms with van der Waals surface area (Å²) < 4.78 is 26.6. The predicted octanol–water partition coefficient (Wildman–Crippen LogP) is 1.47. The average molecular weight is 501 g/mol. The molecule has 1 aromatic heterocycles. The molecule has 0 saturated carbocycles. The highest BCUT2D eigenvalue weighted by Gasteiger charge is 2.31. The summed E-state index contributed by atoms with van der Waals surface area (Å²) in [7, 11) is -0.392. The molecule has 0 radical (unpaired) electrons. The van der Waals surface area contributed by atoms with Crippen LogP contribution in [0.1, 0.15) is 24.0 Å². The fraction of sp³-hybridized carbons (Fsp3) is 0.520. The number of rotatable bonds is 7. The van der Waals surface area contributed by atoms with Crippen molar-refractivity contribution >= 4 is 21.7 Å². The van der Waals surface area contributed by atoms with Crippen LogP contribution in [0, 0.1) is 5.92 Å². The Bertz CT molecular complexity index is 1120. The summed E-state index contributed by atoms with van der Waals surface area (Å²) in [6.07, 6.45) is 3.48. The molecular formula is C25H36N6O3S. The van der Waals surface area contributed by atoms with Gasteiger partial charge in [0.25, 0.3) is 0 Å². The van der Waals surface area contributed by atoms with Crippen molar-refractivity contribution in [2.24, 2.45) is 5.92 Å². The van der Waals surface area contributed by atoms with E-state index in [0.29, 0.717) is 30.3 Å². The van der Waals surface area contributed by atoms with Crippen molar-refractivity contribution in [3.05, 3.63) is 53.7 Å². The lowest BCUT2D eigenvalue weighted by molar-refractivity contribution is -0.139. The zero-order valence-electron chi connectivity index (χ0n) is 20.6. The second-order valence-electron chi connectivity index (χ2n) is 9.64. The normalized spacial score (nSPS) is 18.8. The number of benzene rings is 1. The molecule has 1 aromatic carbocycles. The summed E-state index contributed by atoms with van der Waals surface area (Å²) in [6, 6.07) is 11.1. The summed E-state index contributed by atoms with van der Waals surface area (Å²) in [5, 5.41) is 0. The number of likely N-dealkylation sites (tertiary alicyclic amines) is 1. The topological polar surface area (TPSA) is 103 Å². The van der Waals surface area contributed by atoms with E-state index in [1.807, 2.05) is 29.2 Å². The quantitative estimate of drug-likeness (QED) is 0.614. The van der Waals surface area contributed by atoms with Crippen molar-refractivity contribution in [3.63, 3.8) is 0 Å². The highest BCUT2D eigenvalue weighted by atomic mass is 32.2. The Morgan fingerprint density at radius 3 is 2.31 bits per heavy atom. The lowest BCUT2D eigenvalue weighted by atomic mass is 9.94. The fourth-order valence-corrected chi connectivity index (χ4v) is 6.01. The molecule has 0 bridgehead atoms. The maximum Gasteiger partial charge on any atom is 0.242 e. The number of sulfonamides is 1. The first kappa shape index (κ1) is 25.6. The first-order chi connectivity index (χ1) is 16.7. The number of pyridine rings is 1. The maximum atomic E-state index is 13.2. The smallest absolute Gasteiger partial charge is 0.242 e. The van der Waals surface area contributed by atoms with Gasteiger partial charge >= 0.3 is 0 Å². The third-order valence-electron chi connectivity index (χ3n) is 7.00. The monoisotopic (exact) mass is 500 g/mol. The number of hydrogen-bond acceptors (Lipinski definition) is 7. The predicted molar refractivity (Wildman–Crippen MR) is 136 cm³/mol. The largest absolute Gasteiger partial charge is 0.384 e. The minimum Gasteiger partial charge on any atom is -0.384 e. The SMILES string of the molecule is CN(C)S(=O)(=O)c1ccccc1CN1CCN(C(=O)C2CCN(Cc3ccnc(N)c3)CC2)CC1. The number of anilines is 1. The van der Waals surface area contributed by atoms with Crippen molar-refractivity contribution in [2.45, 2.75) is 30.8 Å². The first-order valence-electron chi connectivity index (χ1n) is 12.2. The van der Waals surface area contributed by atoms with E-state index in [-0.39, 0.29) is 11.8 Å². The molecule has 0 atom stereocenters. The molecule has 2 saturated heterocycles. The Kier molecular flexibility index (Phi) is 8.05. The van der Waals surface area contributed by atoms with Gasteiger partial charge in [0.1, 0.15) is 5.82 Å². The van der Waals surface area contributed by atoms with E-state index in [2.05, 4.69) is 14.8 Å². The molecule has 35 heavy (non-hydrogen) atoms. The molecule has 9 nitrogen and oxygen atoms in total. The van der Waals surface area contributed by atoms with Crippen LogP contribution in [-0.2, 0) is 27.9 Å². The van der Waals surface area contributed by atoms with Gasteiger partial charge in [0.2, 0.25) is 15.9 Å². The van der Waals surface area contributed by atoms with Gasteiger partial charge in [0, 0.05) is 65.5 Å². The minimum atomic E-state index is -3.49. The summed E-state index contributed by atoms with van der Waals surface area (Å²) in [4.78, 5) is 24.2. The van der Waals surface area contributed by atoms with Gasteiger partial charge in [0.05, 0.1) is 4.90 Å². The van der Waals surface area contributed by atoms with Crippen LogP contribution < -0.4 is 5.73 Å². The van der Waals surface area contributed by atoms with E-state index in [9.17, 15) is 13.2 Å². The van der Waals surface area contributed by atoms with Crippen molar-refractivity contribution in [3.8, 4) is 0 Å². The minimum absolute atomic E-state index is 0.0752. The maximum absolute atomic E-state index is 13.2. The number of nitrogen functional groups attached to an aromatic ring is 1. The van der Waals surface area contributed by atoms with Crippen LogP contribution in [0.2, 0.25) is 0 Å². The lowest BCUT2D eigenvalue weighted by Crippen LogP contribution is -2.51. The van der Waals surface area contributed by atoms with Gasteiger partial charge in [0.15, 0.2) is 0 Å². The van der Waals surface area contributed by atoms with Gasteiger partial charge in [-0.15, -0.1) is 0 Å². The Morgan fingerprint density at radius 1 is 1.00 bits per heavy atom. The van der Waals surface area contributed by atoms with Crippen LogP contribution in [0.15, 0.2) is 47.5 Å². The number of piperazine rings is 1. The van der Waals surface area contributed by atoms with Gasteiger partial charge in [-0.3, -0.25) is 14.6 Å². The molecule has 1 amide bonds. The van der Waals surface area contributed by atoms with Gasteiger partial charge in [-0.05, 0) is 55.3 Å². The number of hydrogen-bond donors (Lipinski definition) is 1. The Morgan fingerprint density at radius 2 is 1.66 bits per heavy atom. The van der Waals surface area contributed by atoms with Crippen LogP contribution >= 0.6 is 0 Å². The van der Waals surface area contributed by atoms with Crippen molar-refractivity contribution in [1.82, 2.24) is 24.0 Å². The van der Waals surface area contributed by atoms with Crippen molar-refractivity contribution in [1.29, 1.82) is 0 Å². The third-order valence-corrected chi connectivity index (χ3v) is 8.91. The number of nitrogens with two attached hydrogens (primary N) is 1. The number of piperidine rings is 1. The average Bonchev–Trinajstić information content (AvgIpc) is 2.85. The lowest BCUT2D eigenvalue weighted by Gasteiger charge is -2.38. The molecule has 0 aliphatic carbocycles. The fourth-order valence-electron chi connectivity index (χ4n) is 4.90. The second kappa shape index (κ2) is 11.0. The Labute approximate surface area is 208 Å². The molecule has 2 fully saturated rings. The van der Waals surface area contributed by atoms with Gasteiger partial charge in [-0.25, -0.2) is 17.7 Å². The number of carbonyl (C=O) groups is 1. The molecule has 2 N–H and O–H groups in total. The van der Waals surface area contributed by atoms with E-state index >= 15 is 0 Å². The number of nitrogens with zero attached hydrogens (tertiary/aromatic N) is 5. The van der Waals surface area contributed by atoms with E-state index < -0.39 is 10.0 Å². The summed E-state index contributed by atoms with van der Waals surface area (Å²) >= 11 is 0. The zero-order chi connectivity index (χ0) is 25.0. The van der Waals surface area contributed by atoms with Crippen LogP contribution in [0.3, 0.4) is 0 Å². The van der Waals surface area contributed by atoms with Crippen LogP contribution in [0.25, 0.3) is 0 Å². The Balaban J connectivity index is 1.26. The summed E-state index contributed by atoms with van der Waals surface area (Å²) in [6.45, 7) is 6.02. The molecule has 4 rings (SSSR count). The van der Waals surface area contributed by atoms with Crippen LogP contribution in [0.4, 0.5) is 5.82 Å². The number of carbonyl (C=O) groups excluding carboxylic acids is 1. The first-order valence-corrected chi connectivity index (χ1v) is 13.6. The zero-order valence-corrected chi connectivity index (χ0v) is 21.5. The molecule has 2 aliphatic rings. The molecule has 0 spiro atoms. The number of aromatic nitrogens is 1. The van der Waals surface area contributed by atoms with Crippen molar-refractivity contribution < 1.29 is 13.2 Å². The van der Waals surface area contributed by atoms with E-state index in [4.69, 9.17) is 5.73 Å². The highest BCUT2D eigenvalue weighted by molar-refractivity contribution is 7.89.